The Kier molecular flexibility index (Phi) is 8.62. The summed E-state index contributed by atoms with van der Waals surface area (Å²) in [5.74, 6) is -5.60. The van der Waals surface area contributed by atoms with Gasteiger partial charge in [0.25, 0.3) is 11.8 Å². The molecule has 1 N–H and O–H groups in total. The summed E-state index contributed by atoms with van der Waals surface area (Å²) in [5, 5.41) is 6.95. The van der Waals surface area contributed by atoms with Crippen LogP contribution in [-0.4, -0.2) is 40.6 Å². The van der Waals surface area contributed by atoms with Crippen LogP contribution in [0.15, 0.2) is 77.9 Å². The predicted octanol–water partition coefficient (Wildman–Crippen LogP) is 6.22. The van der Waals surface area contributed by atoms with E-state index in [1.165, 1.54) is 37.4 Å². The van der Waals surface area contributed by atoms with Crippen LogP contribution < -0.4 is 14.8 Å². The number of halogens is 4. The van der Waals surface area contributed by atoms with E-state index in [0.29, 0.717) is 34.8 Å². The highest BCUT2D eigenvalue weighted by molar-refractivity contribution is 8.14. The Morgan fingerprint density at radius 3 is 2.33 bits per heavy atom. The van der Waals surface area contributed by atoms with E-state index >= 15 is 0 Å². The molecule has 2 heterocycles. The van der Waals surface area contributed by atoms with Gasteiger partial charge in [-0.15, -0.1) is 0 Å². The molecular formula is C30H22F4N4O4S. The van der Waals surface area contributed by atoms with E-state index < -0.39 is 52.6 Å². The van der Waals surface area contributed by atoms with Gasteiger partial charge in [-0.25, -0.2) is 27.6 Å². The number of amides is 2. The summed E-state index contributed by atoms with van der Waals surface area (Å²) in [5.41, 5.74) is 0.440. The molecule has 0 spiro atoms. The van der Waals surface area contributed by atoms with Gasteiger partial charge in [0.1, 0.15) is 45.1 Å². The van der Waals surface area contributed by atoms with Gasteiger partial charge < -0.3 is 14.8 Å². The maximum atomic E-state index is 14.7. The number of thioether (sulfide) groups is 1. The highest BCUT2D eigenvalue weighted by atomic mass is 32.2. The number of nitrogens with zero attached hydrogens (tertiary/aromatic N) is 3. The van der Waals surface area contributed by atoms with Crippen LogP contribution >= 0.6 is 11.8 Å². The topological polar surface area (TPSA) is 93.1 Å². The van der Waals surface area contributed by atoms with Crippen LogP contribution in [0.25, 0.3) is 0 Å². The lowest BCUT2D eigenvalue weighted by molar-refractivity contribution is -0.118. The van der Waals surface area contributed by atoms with Crippen LogP contribution in [0.5, 0.6) is 11.5 Å². The van der Waals surface area contributed by atoms with Crippen molar-refractivity contribution in [3.05, 3.63) is 118 Å². The molecule has 2 amide bonds. The highest BCUT2D eigenvalue weighted by Gasteiger charge is 2.39. The number of carbonyl (C=O) groups excluding carboxylic acids is 2. The maximum Gasteiger partial charge on any atom is 0.281 e. The quantitative estimate of drug-likeness (QED) is 0.238. The second-order valence-corrected chi connectivity index (χ2v) is 10.2. The molecule has 1 unspecified atom stereocenters. The van der Waals surface area contributed by atoms with Gasteiger partial charge in [-0.05, 0) is 49.4 Å². The molecule has 4 aromatic rings. The van der Waals surface area contributed by atoms with Gasteiger partial charge in [-0.1, -0.05) is 30.0 Å². The monoisotopic (exact) mass is 610 g/mol. The van der Waals surface area contributed by atoms with Crippen LogP contribution in [0.3, 0.4) is 0 Å². The zero-order chi connectivity index (χ0) is 30.7. The van der Waals surface area contributed by atoms with Gasteiger partial charge in [0.05, 0.1) is 7.11 Å². The van der Waals surface area contributed by atoms with E-state index in [1.807, 2.05) is 0 Å². The average molecular weight is 611 g/mol. The van der Waals surface area contributed by atoms with Crippen molar-refractivity contribution in [2.75, 3.05) is 19.0 Å². The van der Waals surface area contributed by atoms with E-state index in [4.69, 9.17) is 9.47 Å². The number of pyridine rings is 1. The first-order valence-electron chi connectivity index (χ1n) is 12.7. The molecule has 0 aliphatic carbocycles. The fourth-order valence-corrected chi connectivity index (χ4v) is 5.42. The number of benzene rings is 3. The minimum Gasteiger partial charge on any atom is -0.492 e. The summed E-state index contributed by atoms with van der Waals surface area (Å²) < 4.78 is 67.8. The van der Waals surface area contributed by atoms with Crippen LogP contribution in [0.2, 0.25) is 0 Å². The molecule has 13 heteroatoms. The zero-order valence-electron chi connectivity index (χ0n) is 22.6. The Morgan fingerprint density at radius 2 is 1.65 bits per heavy atom. The molecule has 0 bridgehead atoms. The highest BCUT2D eigenvalue weighted by Crippen LogP contribution is 2.47. The number of aromatic nitrogens is 1. The smallest absolute Gasteiger partial charge is 0.281 e. The van der Waals surface area contributed by atoms with E-state index in [-0.39, 0.29) is 16.5 Å². The summed E-state index contributed by atoms with van der Waals surface area (Å²) in [6, 6.07) is 15.9. The van der Waals surface area contributed by atoms with Crippen molar-refractivity contribution in [3.8, 4) is 11.5 Å². The van der Waals surface area contributed by atoms with Gasteiger partial charge in [0.2, 0.25) is 0 Å². The number of hydrogen-bond acceptors (Lipinski definition) is 7. The molecular weight excluding hydrogens is 588 g/mol. The van der Waals surface area contributed by atoms with Crippen LogP contribution in [0.1, 0.15) is 32.6 Å². The third-order valence-corrected chi connectivity index (χ3v) is 7.38. The van der Waals surface area contributed by atoms with E-state index in [9.17, 15) is 27.2 Å². The Labute approximate surface area is 247 Å². The van der Waals surface area contributed by atoms with E-state index in [2.05, 4.69) is 15.4 Å². The molecule has 43 heavy (non-hydrogen) atoms. The van der Waals surface area contributed by atoms with Crippen LogP contribution in [0.4, 0.5) is 23.4 Å². The zero-order valence-corrected chi connectivity index (χ0v) is 23.4. The fraction of sp³-hybridized carbons (Fsp3) is 0.133. The summed E-state index contributed by atoms with van der Waals surface area (Å²) in [7, 11) is 1.34. The minimum atomic E-state index is -1.41. The molecule has 8 nitrogen and oxygen atoms in total. The summed E-state index contributed by atoms with van der Waals surface area (Å²) in [4.78, 5) is 30.3. The second-order valence-electron chi connectivity index (χ2n) is 9.16. The molecule has 1 aliphatic rings. The molecule has 0 fully saturated rings. The van der Waals surface area contributed by atoms with Crippen molar-refractivity contribution in [2.45, 2.75) is 12.3 Å². The van der Waals surface area contributed by atoms with Crippen molar-refractivity contribution in [1.82, 2.24) is 9.99 Å². The van der Waals surface area contributed by atoms with Crippen molar-refractivity contribution in [2.24, 2.45) is 5.10 Å². The lowest BCUT2D eigenvalue weighted by atomic mass is 10.1. The van der Waals surface area contributed by atoms with Gasteiger partial charge in [-0.2, -0.15) is 5.10 Å². The van der Waals surface area contributed by atoms with Crippen molar-refractivity contribution < 1.29 is 36.6 Å². The van der Waals surface area contributed by atoms with Gasteiger partial charge >= 0.3 is 0 Å². The number of hydrazone groups is 1. The Balaban J connectivity index is 1.47. The van der Waals surface area contributed by atoms with E-state index in [1.54, 1.807) is 37.3 Å². The molecule has 1 atom stereocenters. The number of carbonyl (C=O) groups is 2. The summed E-state index contributed by atoms with van der Waals surface area (Å²) >= 11 is 1.02. The van der Waals surface area contributed by atoms with E-state index in [0.717, 1.165) is 16.8 Å². The van der Waals surface area contributed by atoms with Gasteiger partial charge in [0.15, 0.2) is 18.1 Å². The molecule has 1 aromatic heterocycles. The van der Waals surface area contributed by atoms with Crippen molar-refractivity contribution in [3.63, 3.8) is 0 Å². The lowest BCUT2D eigenvalue weighted by Gasteiger charge is -2.24. The number of para-hydroxylation sites is 1. The molecule has 1 aliphatic heterocycles. The minimum absolute atomic E-state index is 0.120. The normalized spacial score (nSPS) is 14.3. The third-order valence-electron chi connectivity index (χ3n) is 6.16. The lowest BCUT2D eigenvalue weighted by Crippen LogP contribution is -2.28. The van der Waals surface area contributed by atoms with Crippen molar-refractivity contribution >= 4 is 34.4 Å². The Morgan fingerprint density at radius 1 is 0.953 bits per heavy atom. The summed E-state index contributed by atoms with van der Waals surface area (Å²) in [6.45, 7) is 1.36. The molecule has 3 aromatic carbocycles. The number of hydrogen-bond donors (Lipinski definition) is 1. The second kappa shape index (κ2) is 12.5. The number of rotatable bonds is 8. The molecule has 0 radical (unpaired) electrons. The molecule has 220 valence electrons. The first-order chi connectivity index (χ1) is 20.6. The number of ether oxygens (including phenoxy) is 2. The van der Waals surface area contributed by atoms with Crippen LogP contribution in [0, 0.1) is 30.2 Å². The SMILES string of the molecule is COc1c(OCC(=O)Nc2cccc(C)n2)cccc1C1SC(c2ccc(F)cc2)=NN1C(=O)c1c(F)cc(F)cc1F. The van der Waals surface area contributed by atoms with Gasteiger partial charge in [0, 0.05) is 29.0 Å². The average Bonchev–Trinajstić information content (AvgIpc) is 3.41. The van der Waals surface area contributed by atoms with Crippen molar-refractivity contribution in [1.29, 1.82) is 0 Å². The summed E-state index contributed by atoms with van der Waals surface area (Å²) in [6.07, 6.45) is 0. The first-order valence-corrected chi connectivity index (χ1v) is 13.5. The first kappa shape index (κ1) is 29.6. The number of nitrogens with one attached hydrogen (secondary N) is 1. The molecule has 5 rings (SSSR count). The third kappa shape index (κ3) is 6.46. The number of aryl methyl sites for hydroxylation is 1. The molecule has 0 saturated carbocycles. The fourth-order valence-electron chi connectivity index (χ4n) is 4.25. The van der Waals surface area contributed by atoms with Gasteiger partial charge in [-0.3, -0.25) is 9.59 Å². The number of methoxy groups -OCH3 is 1. The van der Waals surface area contributed by atoms with Crippen LogP contribution in [-0.2, 0) is 4.79 Å². The Bertz CT molecular complexity index is 1710. The predicted molar refractivity (Wildman–Crippen MR) is 152 cm³/mol. The number of anilines is 1. The Hall–Kier alpha value is -4.91. The maximum absolute atomic E-state index is 14.7. The largest absolute Gasteiger partial charge is 0.492 e. The molecule has 0 saturated heterocycles. The standard InChI is InChI=1S/C30H22F4N4O4S/c1-16-5-3-8-24(35-16)36-25(39)15-42-23-7-4-6-20(27(23)41-2)30-38(29(40)26-21(33)13-19(32)14-22(26)34)37-28(43-30)17-9-11-18(31)12-10-17/h3-14,30H,15H2,1-2H3,(H,35,36,39).